The Hall–Kier alpha value is -2.41. The summed E-state index contributed by atoms with van der Waals surface area (Å²) in [5, 5.41) is 11.3. The lowest BCUT2D eigenvalue weighted by Gasteiger charge is -2.24. The summed E-state index contributed by atoms with van der Waals surface area (Å²) >= 11 is 1.36. The number of aromatic nitrogens is 1. The summed E-state index contributed by atoms with van der Waals surface area (Å²) in [6.45, 7) is 4.16. The van der Waals surface area contributed by atoms with Crippen LogP contribution in [-0.4, -0.2) is 34.3 Å². The average molecular weight is 318 g/mol. The molecule has 1 aromatic heterocycles. The van der Waals surface area contributed by atoms with Crippen molar-refractivity contribution in [2.45, 2.75) is 19.4 Å². The molecule has 1 aromatic carbocycles. The van der Waals surface area contributed by atoms with Crippen molar-refractivity contribution in [3.8, 4) is 11.3 Å². The fraction of sp³-hybridized carbons (Fsp3) is 0.267. The number of hydrogen-bond donors (Lipinski definition) is 1. The Morgan fingerprint density at radius 2 is 2.05 bits per heavy atom. The molecule has 2 aromatic rings. The van der Waals surface area contributed by atoms with Crippen molar-refractivity contribution in [3.63, 3.8) is 0 Å². The Bertz CT molecular complexity index is 736. The molecule has 2 heterocycles. The van der Waals surface area contributed by atoms with Crippen LogP contribution in [0.2, 0.25) is 0 Å². The van der Waals surface area contributed by atoms with E-state index in [9.17, 15) is 9.59 Å². The van der Waals surface area contributed by atoms with Gasteiger partial charge < -0.3 is 9.84 Å². The van der Waals surface area contributed by atoms with Crippen molar-refractivity contribution in [1.29, 1.82) is 0 Å². The molecule has 1 amide bonds. The van der Waals surface area contributed by atoms with Crippen molar-refractivity contribution in [2.75, 3.05) is 11.5 Å². The molecule has 0 atom stereocenters. The Labute approximate surface area is 131 Å². The van der Waals surface area contributed by atoms with Gasteiger partial charge in [0.25, 0.3) is 0 Å². The molecule has 1 saturated heterocycles. The third kappa shape index (κ3) is 2.43. The second-order valence-corrected chi connectivity index (χ2v) is 6.44. The Kier molecular flexibility index (Phi) is 3.37. The SMILES string of the molecule is CC1(C)COC(=O)N1c1nc(-c2ccc(C(=O)O)cc2)cs1. The van der Waals surface area contributed by atoms with E-state index in [0.717, 1.165) is 5.56 Å². The number of hydrogen-bond acceptors (Lipinski definition) is 5. The highest BCUT2D eigenvalue weighted by atomic mass is 32.1. The van der Waals surface area contributed by atoms with E-state index in [0.29, 0.717) is 17.4 Å². The first kappa shape index (κ1) is 14.5. The second-order valence-electron chi connectivity index (χ2n) is 5.60. The summed E-state index contributed by atoms with van der Waals surface area (Å²) in [5.74, 6) is -0.966. The zero-order valence-corrected chi connectivity index (χ0v) is 12.9. The smallest absolute Gasteiger partial charge is 0.416 e. The maximum Gasteiger partial charge on any atom is 0.416 e. The van der Waals surface area contributed by atoms with Crippen molar-refractivity contribution in [1.82, 2.24) is 4.98 Å². The lowest BCUT2D eigenvalue weighted by molar-refractivity contribution is 0.0697. The molecule has 22 heavy (non-hydrogen) atoms. The van der Waals surface area contributed by atoms with Crippen LogP contribution in [0.15, 0.2) is 29.6 Å². The van der Waals surface area contributed by atoms with Crippen molar-refractivity contribution < 1.29 is 19.4 Å². The first-order valence-corrected chi connectivity index (χ1v) is 7.53. The first-order chi connectivity index (χ1) is 10.4. The number of cyclic esters (lactones) is 1. The van der Waals surface area contributed by atoms with Gasteiger partial charge in [-0.25, -0.2) is 19.5 Å². The minimum atomic E-state index is -0.966. The highest BCUT2D eigenvalue weighted by Crippen LogP contribution is 2.35. The monoisotopic (exact) mass is 318 g/mol. The number of carbonyl (C=O) groups is 2. The van der Waals surface area contributed by atoms with E-state index in [1.54, 1.807) is 17.0 Å². The zero-order chi connectivity index (χ0) is 15.9. The summed E-state index contributed by atoms with van der Waals surface area (Å²) in [4.78, 5) is 28.8. The van der Waals surface area contributed by atoms with E-state index in [4.69, 9.17) is 9.84 Å². The van der Waals surface area contributed by atoms with Crippen LogP contribution in [0.25, 0.3) is 11.3 Å². The number of amides is 1. The number of thiazole rings is 1. The lowest BCUT2D eigenvalue weighted by Crippen LogP contribution is -2.42. The molecule has 1 N–H and O–H groups in total. The largest absolute Gasteiger partial charge is 0.478 e. The van der Waals surface area contributed by atoms with Crippen LogP contribution in [-0.2, 0) is 4.74 Å². The molecular weight excluding hydrogens is 304 g/mol. The third-order valence-corrected chi connectivity index (χ3v) is 4.27. The number of carboxylic acid groups (broad SMARTS) is 1. The van der Waals surface area contributed by atoms with Crippen molar-refractivity contribution in [3.05, 3.63) is 35.2 Å². The maximum absolute atomic E-state index is 11.9. The second kappa shape index (κ2) is 5.10. The normalized spacial score (nSPS) is 16.6. The molecule has 114 valence electrons. The van der Waals surface area contributed by atoms with E-state index < -0.39 is 17.6 Å². The number of aromatic carboxylic acids is 1. The highest BCUT2D eigenvalue weighted by molar-refractivity contribution is 7.14. The van der Waals surface area contributed by atoms with Gasteiger partial charge in [-0.3, -0.25) is 0 Å². The summed E-state index contributed by atoms with van der Waals surface area (Å²) in [6, 6.07) is 6.47. The van der Waals surface area contributed by atoms with Crippen LogP contribution in [0.1, 0.15) is 24.2 Å². The predicted molar refractivity (Wildman–Crippen MR) is 82.4 cm³/mol. The molecular formula is C15H14N2O4S. The van der Waals surface area contributed by atoms with Crippen molar-refractivity contribution in [2.24, 2.45) is 0 Å². The molecule has 0 radical (unpaired) electrons. The van der Waals surface area contributed by atoms with Gasteiger partial charge in [0.1, 0.15) is 6.61 Å². The summed E-state index contributed by atoms with van der Waals surface area (Å²) < 4.78 is 5.08. The van der Waals surface area contributed by atoms with E-state index in [1.165, 1.54) is 23.5 Å². The number of carboxylic acids is 1. The summed E-state index contributed by atoms with van der Waals surface area (Å²) in [5.41, 5.74) is 1.30. The van der Waals surface area contributed by atoms with Crippen LogP contribution in [0.4, 0.5) is 9.93 Å². The standard InChI is InChI=1S/C15H14N2O4S/c1-15(2)8-21-14(20)17(15)13-16-11(7-22-13)9-3-5-10(6-4-9)12(18)19/h3-7H,8H2,1-2H3,(H,18,19). The first-order valence-electron chi connectivity index (χ1n) is 6.65. The molecule has 7 heteroatoms. The van der Waals surface area contributed by atoms with Gasteiger partial charge in [-0.15, -0.1) is 11.3 Å². The van der Waals surface area contributed by atoms with Gasteiger partial charge in [-0.1, -0.05) is 12.1 Å². The molecule has 1 aliphatic heterocycles. The third-order valence-electron chi connectivity index (χ3n) is 3.45. The molecule has 3 rings (SSSR count). The summed E-state index contributed by atoms with van der Waals surface area (Å²) in [6.07, 6.45) is -0.396. The maximum atomic E-state index is 11.9. The Morgan fingerprint density at radius 3 is 2.59 bits per heavy atom. The molecule has 0 saturated carbocycles. The predicted octanol–water partition coefficient (Wildman–Crippen LogP) is 3.24. The minimum Gasteiger partial charge on any atom is -0.478 e. The quantitative estimate of drug-likeness (QED) is 0.939. The van der Waals surface area contributed by atoms with Crippen molar-refractivity contribution >= 4 is 28.5 Å². The molecule has 1 fully saturated rings. The number of anilines is 1. The topological polar surface area (TPSA) is 79.7 Å². The van der Waals surface area contributed by atoms with Crippen LogP contribution in [0, 0.1) is 0 Å². The minimum absolute atomic E-state index is 0.225. The zero-order valence-electron chi connectivity index (χ0n) is 12.1. The van der Waals surface area contributed by atoms with Gasteiger partial charge in [-0.05, 0) is 26.0 Å². The van der Waals surface area contributed by atoms with Gasteiger partial charge >= 0.3 is 12.1 Å². The van der Waals surface area contributed by atoms with Gasteiger partial charge in [-0.2, -0.15) is 0 Å². The molecule has 6 nitrogen and oxygen atoms in total. The van der Waals surface area contributed by atoms with E-state index >= 15 is 0 Å². The van der Waals surface area contributed by atoms with E-state index in [1.807, 2.05) is 19.2 Å². The van der Waals surface area contributed by atoms with Gasteiger partial charge in [0.2, 0.25) is 0 Å². The lowest BCUT2D eigenvalue weighted by atomic mass is 10.1. The van der Waals surface area contributed by atoms with Crippen LogP contribution in [0.5, 0.6) is 0 Å². The number of benzene rings is 1. The number of rotatable bonds is 3. The number of nitrogens with zero attached hydrogens (tertiary/aromatic N) is 2. The van der Waals surface area contributed by atoms with Gasteiger partial charge in [0.05, 0.1) is 16.8 Å². The van der Waals surface area contributed by atoms with E-state index in [2.05, 4.69) is 4.98 Å². The molecule has 0 unspecified atom stereocenters. The van der Waals surface area contributed by atoms with Crippen LogP contribution in [0.3, 0.4) is 0 Å². The average Bonchev–Trinajstić information content (AvgIpc) is 3.04. The summed E-state index contributed by atoms with van der Waals surface area (Å²) in [7, 11) is 0. The molecule has 0 spiro atoms. The highest BCUT2D eigenvalue weighted by Gasteiger charge is 2.42. The Balaban J connectivity index is 1.91. The van der Waals surface area contributed by atoms with Crippen LogP contribution < -0.4 is 4.90 Å². The molecule has 1 aliphatic rings. The van der Waals surface area contributed by atoms with Gasteiger partial charge in [0, 0.05) is 10.9 Å². The van der Waals surface area contributed by atoms with Crippen LogP contribution >= 0.6 is 11.3 Å². The fourth-order valence-electron chi connectivity index (χ4n) is 2.23. The van der Waals surface area contributed by atoms with E-state index in [-0.39, 0.29) is 5.56 Å². The number of carbonyl (C=O) groups excluding carboxylic acids is 1. The Morgan fingerprint density at radius 1 is 1.36 bits per heavy atom. The molecule has 0 aliphatic carbocycles. The molecule has 0 bridgehead atoms. The fourth-order valence-corrected chi connectivity index (χ4v) is 3.22. The van der Waals surface area contributed by atoms with Gasteiger partial charge in [0.15, 0.2) is 5.13 Å². The number of ether oxygens (including phenoxy) is 1.